The van der Waals surface area contributed by atoms with E-state index in [4.69, 9.17) is 0 Å². The molecule has 124 valence electrons. The van der Waals surface area contributed by atoms with Crippen LogP contribution in [0.4, 0.5) is 13.2 Å². The number of alkyl halides is 3. The summed E-state index contributed by atoms with van der Waals surface area (Å²) in [5.74, 6) is 0. The largest absolute Gasteiger partial charge is 0.390 e. The summed E-state index contributed by atoms with van der Waals surface area (Å²) in [4.78, 5) is 0.0946. The fraction of sp³-hybridized carbons (Fsp3) is 0.600. The van der Waals surface area contributed by atoms with Gasteiger partial charge in [-0.1, -0.05) is 13.0 Å². The quantitative estimate of drug-likeness (QED) is 0.825. The lowest BCUT2D eigenvalue weighted by Crippen LogP contribution is -2.34. The highest BCUT2D eigenvalue weighted by Crippen LogP contribution is 2.27. The van der Waals surface area contributed by atoms with Crippen LogP contribution < -0.4 is 0 Å². The van der Waals surface area contributed by atoms with E-state index in [0.717, 1.165) is 41.1 Å². The smallest absolute Gasteiger partial charge is 0.207 e. The first-order chi connectivity index (χ1) is 10.2. The highest BCUT2D eigenvalue weighted by Gasteiger charge is 2.31. The van der Waals surface area contributed by atoms with E-state index >= 15 is 0 Å². The first-order valence-electron chi connectivity index (χ1n) is 7.43. The van der Waals surface area contributed by atoms with E-state index in [1.54, 1.807) is 19.1 Å². The molecule has 0 N–H and O–H groups in total. The van der Waals surface area contributed by atoms with Crippen LogP contribution in [0.1, 0.15) is 37.3 Å². The van der Waals surface area contributed by atoms with Gasteiger partial charge in [0, 0.05) is 13.1 Å². The number of sulfonamides is 1. The Morgan fingerprint density at radius 3 is 2.36 bits per heavy atom. The predicted octanol–water partition coefficient (Wildman–Crippen LogP) is 3.53. The minimum atomic E-state index is -4.36. The molecule has 1 aliphatic carbocycles. The van der Waals surface area contributed by atoms with Crippen LogP contribution in [0.3, 0.4) is 0 Å². The van der Waals surface area contributed by atoms with Crippen molar-refractivity contribution in [3.63, 3.8) is 0 Å². The summed E-state index contributed by atoms with van der Waals surface area (Å²) < 4.78 is 63.0. The van der Waals surface area contributed by atoms with Crippen LogP contribution in [0, 0.1) is 0 Å². The van der Waals surface area contributed by atoms with E-state index in [0.29, 0.717) is 0 Å². The summed E-state index contributed by atoms with van der Waals surface area (Å²) in [5, 5.41) is 0. The van der Waals surface area contributed by atoms with Crippen molar-refractivity contribution in [3.05, 3.63) is 29.3 Å². The fourth-order valence-corrected chi connectivity index (χ4v) is 4.22. The van der Waals surface area contributed by atoms with Gasteiger partial charge in [-0.05, 0) is 48.9 Å². The lowest BCUT2D eigenvalue weighted by Gasteiger charge is -2.23. The lowest BCUT2D eigenvalue weighted by molar-refractivity contribution is -0.135. The van der Waals surface area contributed by atoms with E-state index in [1.165, 1.54) is 6.07 Å². The van der Waals surface area contributed by atoms with Gasteiger partial charge in [-0.15, -0.1) is 0 Å². The van der Waals surface area contributed by atoms with Crippen LogP contribution in [-0.2, 0) is 22.9 Å². The number of fused-ring (bicyclic) bond motifs is 1. The monoisotopic (exact) mass is 335 g/mol. The minimum Gasteiger partial charge on any atom is -0.207 e. The zero-order valence-corrected chi connectivity index (χ0v) is 13.3. The van der Waals surface area contributed by atoms with Gasteiger partial charge in [-0.2, -0.15) is 17.5 Å². The first-order valence-corrected chi connectivity index (χ1v) is 8.87. The first kappa shape index (κ1) is 17.3. The van der Waals surface area contributed by atoms with Crippen molar-refractivity contribution in [3.8, 4) is 0 Å². The second-order valence-electron chi connectivity index (χ2n) is 5.50. The van der Waals surface area contributed by atoms with Crippen LogP contribution in [0.25, 0.3) is 0 Å². The van der Waals surface area contributed by atoms with E-state index in [9.17, 15) is 21.6 Å². The molecule has 0 fully saturated rings. The number of hydrogen-bond donors (Lipinski definition) is 0. The number of rotatable bonds is 5. The van der Waals surface area contributed by atoms with Crippen LogP contribution in [0.2, 0.25) is 0 Å². The molecule has 0 saturated heterocycles. The van der Waals surface area contributed by atoms with Gasteiger partial charge in [0.15, 0.2) is 0 Å². The molecule has 0 spiro atoms. The molecule has 0 aromatic heterocycles. The van der Waals surface area contributed by atoms with E-state index in [1.807, 2.05) is 0 Å². The van der Waals surface area contributed by atoms with Crippen molar-refractivity contribution < 1.29 is 21.6 Å². The molecular formula is C15H20F3NO2S. The molecule has 3 nitrogen and oxygen atoms in total. The Morgan fingerprint density at radius 2 is 1.77 bits per heavy atom. The van der Waals surface area contributed by atoms with E-state index < -0.39 is 29.2 Å². The van der Waals surface area contributed by atoms with Crippen LogP contribution in [0.15, 0.2) is 23.1 Å². The van der Waals surface area contributed by atoms with Gasteiger partial charge in [0.05, 0.1) is 11.3 Å². The van der Waals surface area contributed by atoms with Crippen molar-refractivity contribution in [2.24, 2.45) is 0 Å². The zero-order valence-electron chi connectivity index (χ0n) is 12.5. The molecule has 1 aromatic rings. The Bertz CT molecular complexity index is 626. The molecule has 22 heavy (non-hydrogen) atoms. The summed E-state index contributed by atoms with van der Waals surface area (Å²) >= 11 is 0. The summed E-state index contributed by atoms with van der Waals surface area (Å²) in [7, 11) is -3.87. The summed E-state index contributed by atoms with van der Waals surface area (Å²) in [5.41, 5.74) is 2.14. The molecule has 2 rings (SSSR count). The summed E-state index contributed by atoms with van der Waals surface area (Å²) in [6.07, 6.45) is -1.63. The third kappa shape index (κ3) is 4.01. The van der Waals surface area contributed by atoms with Crippen molar-refractivity contribution >= 4 is 10.0 Å². The summed E-state index contributed by atoms with van der Waals surface area (Å²) in [6, 6.07) is 4.93. The van der Waals surface area contributed by atoms with Gasteiger partial charge in [0.25, 0.3) is 0 Å². The molecule has 1 aromatic carbocycles. The third-order valence-electron chi connectivity index (χ3n) is 3.96. The molecular weight excluding hydrogens is 315 g/mol. The summed E-state index contributed by atoms with van der Waals surface area (Å²) in [6.45, 7) is 1.03. The van der Waals surface area contributed by atoms with E-state index in [2.05, 4.69) is 0 Å². The molecule has 0 amide bonds. The molecule has 0 bridgehead atoms. The van der Waals surface area contributed by atoms with Crippen molar-refractivity contribution in [2.75, 3.05) is 13.1 Å². The SMILES string of the molecule is CCN(CCC(F)(F)F)S(=O)(=O)c1ccc2c(c1)CCCC2. The van der Waals surface area contributed by atoms with Crippen molar-refractivity contribution in [1.82, 2.24) is 4.31 Å². The third-order valence-corrected chi connectivity index (χ3v) is 5.93. The zero-order chi connectivity index (χ0) is 16.4. The maximum Gasteiger partial charge on any atom is 0.390 e. The molecule has 0 atom stereocenters. The van der Waals surface area contributed by atoms with Crippen molar-refractivity contribution in [1.29, 1.82) is 0 Å². The van der Waals surface area contributed by atoms with Crippen LogP contribution in [0.5, 0.6) is 0 Å². The molecule has 0 heterocycles. The lowest BCUT2D eigenvalue weighted by atomic mass is 9.92. The molecule has 0 aliphatic heterocycles. The highest BCUT2D eigenvalue weighted by molar-refractivity contribution is 7.89. The van der Waals surface area contributed by atoms with E-state index in [-0.39, 0.29) is 11.4 Å². The Kier molecular flexibility index (Phi) is 5.17. The number of aryl methyl sites for hydroxylation is 2. The fourth-order valence-electron chi connectivity index (χ4n) is 2.72. The maximum atomic E-state index is 12.5. The van der Waals surface area contributed by atoms with Gasteiger partial charge in [-0.3, -0.25) is 0 Å². The topological polar surface area (TPSA) is 37.4 Å². The second kappa shape index (κ2) is 6.58. The van der Waals surface area contributed by atoms with Crippen molar-refractivity contribution in [2.45, 2.75) is 50.1 Å². The number of halogens is 3. The van der Waals surface area contributed by atoms with Gasteiger partial charge < -0.3 is 0 Å². The Hall–Kier alpha value is -1.08. The number of benzene rings is 1. The van der Waals surface area contributed by atoms with Crippen LogP contribution >= 0.6 is 0 Å². The second-order valence-corrected chi connectivity index (χ2v) is 7.44. The molecule has 7 heteroatoms. The van der Waals surface area contributed by atoms with Gasteiger partial charge in [0.1, 0.15) is 0 Å². The number of hydrogen-bond acceptors (Lipinski definition) is 2. The molecule has 0 radical (unpaired) electrons. The Morgan fingerprint density at radius 1 is 1.14 bits per heavy atom. The Balaban J connectivity index is 2.24. The normalized spacial score (nSPS) is 15.9. The minimum absolute atomic E-state index is 0.0233. The van der Waals surface area contributed by atoms with Crippen LogP contribution in [-0.4, -0.2) is 32.0 Å². The molecule has 1 aliphatic rings. The van der Waals surface area contributed by atoms with Gasteiger partial charge >= 0.3 is 6.18 Å². The predicted molar refractivity (Wildman–Crippen MR) is 78.2 cm³/mol. The highest BCUT2D eigenvalue weighted by atomic mass is 32.2. The average Bonchev–Trinajstić information content (AvgIpc) is 2.46. The standard InChI is InChI=1S/C15H20F3NO2S/c1-2-19(10-9-15(16,17)18)22(20,21)14-8-7-12-5-3-4-6-13(12)11-14/h7-8,11H,2-6,9-10H2,1H3. The number of nitrogens with zero attached hydrogens (tertiary/aromatic N) is 1. The average molecular weight is 335 g/mol. The Labute approximate surface area is 129 Å². The maximum absolute atomic E-state index is 12.5. The molecule has 0 saturated carbocycles. The van der Waals surface area contributed by atoms with Gasteiger partial charge in [-0.25, -0.2) is 8.42 Å². The molecule has 0 unspecified atom stereocenters. The van der Waals surface area contributed by atoms with Gasteiger partial charge in [0.2, 0.25) is 10.0 Å².